The maximum absolute atomic E-state index is 12.4. The van der Waals surface area contributed by atoms with Gasteiger partial charge in [-0.1, -0.05) is 24.6 Å². The monoisotopic (exact) mass is 373 g/mol. The van der Waals surface area contributed by atoms with Crippen molar-refractivity contribution < 1.29 is 9.59 Å². The molecule has 0 spiro atoms. The highest BCUT2D eigenvalue weighted by Crippen LogP contribution is 2.31. The predicted octanol–water partition coefficient (Wildman–Crippen LogP) is 3.67. The van der Waals surface area contributed by atoms with Crippen LogP contribution in [0.4, 0.5) is 11.4 Å². The molecule has 2 atom stereocenters. The van der Waals surface area contributed by atoms with Gasteiger partial charge in [-0.2, -0.15) is 0 Å². The molecule has 1 saturated carbocycles. The number of anilines is 2. The Labute approximate surface area is 159 Å². The first kappa shape index (κ1) is 19.9. The van der Waals surface area contributed by atoms with Gasteiger partial charge in [0.15, 0.2) is 0 Å². The quantitative estimate of drug-likeness (QED) is 0.747. The average Bonchev–Trinajstić information content (AvgIpc) is 3.12. The van der Waals surface area contributed by atoms with E-state index in [0.29, 0.717) is 17.8 Å². The Balaban J connectivity index is 0.00000243. The molecule has 2 aromatic rings. The average molecular weight is 374 g/mol. The van der Waals surface area contributed by atoms with Crippen LogP contribution in [0.5, 0.6) is 0 Å². The highest BCUT2D eigenvalue weighted by molar-refractivity contribution is 6.04. The topological polar surface area (TPSA) is 84.2 Å². The van der Waals surface area contributed by atoms with Crippen molar-refractivity contribution in [2.45, 2.75) is 19.3 Å². The van der Waals surface area contributed by atoms with E-state index >= 15 is 0 Å². The molecule has 2 amide bonds. The van der Waals surface area contributed by atoms with Crippen molar-refractivity contribution in [3.8, 4) is 0 Å². The zero-order valence-electron chi connectivity index (χ0n) is 14.5. The van der Waals surface area contributed by atoms with Gasteiger partial charge in [-0.25, -0.2) is 0 Å². The molecule has 1 fully saturated rings. The van der Waals surface area contributed by atoms with Gasteiger partial charge < -0.3 is 16.4 Å². The number of amides is 2. The van der Waals surface area contributed by atoms with E-state index in [0.717, 1.165) is 24.9 Å². The summed E-state index contributed by atoms with van der Waals surface area (Å²) in [7, 11) is 0. The Morgan fingerprint density at radius 1 is 0.923 bits per heavy atom. The van der Waals surface area contributed by atoms with Gasteiger partial charge in [0.2, 0.25) is 5.91 Å². The minimum absolute atomic E-state index is 0. The smallest absolute Gasteiger partial charge is 0.255 e. The van der Waals surface area contributed by atoms with Crippen LogP contribution in [0.25, 0.3) is 0 Å². The van der Waals surface area contributed by atoms with Crippen LogP contribution in [0.3, 0.4) is 0 Å². The van der Waals surface area contributed by atoms with Gasteiger partial charge in [0.1, 0.15) is 0 Å². The molecule has 1 aliphatic carbocycles. The molecule has 0 aromatic heterocycles. The molecule has 6 heteroatoms. The first-order valence-corrected chi connectivity index (χ1v) is 8.65. The summed E-state index contributed by atoms with van der Waals surface area (Å²) in [6, 6.07) is 16.2. The Morgan fingerprint density at radius 3 is 2.23 bits per heavy atom. The fourth-order valence-electron chi connectivity index (χ4n) is 3.33. The Kier molecular flexibility index (Phi) is 7.18. The second kappa shape index (κ2) is 9.36. The molecule has 1 aliphatic rings. The van der Waals surface area contributed by atoms with Gasteiger partial charge in [0.05, 0.1) is 0 Å². The molecular weight excluding hydrogens is 350 g/mol. The second-order valence-corrected chi connectivity index (χ2v) is 6.42. The third kappa shape index (κ3) is 4.84. The SMILES string of the molecule is Cl.NC[C@H]1CCC[C@H]1C(=O)Nc1ccc(C(=O)Nc2ccccc2)cc1. The summed E-state index contributed by atoms with van der Waals surface area (Å²) in [5, 5.41) is 5.77. The van der Waals surface area contributed by atoms with E-state index in [9.17, 15) is 9.59 Å². The molecular formula is C20H24ClN3O2. The van der Waals surface area contributed by atoms with Gasteiger partial charge in [-0.15, -0.1) is 12.4 Å². The van der Waals surface area contributed by atoms with Gasteiger partial charge in [0.25, 0.3) is 5.91 Å². The zero-order chi connectivity index (χ0) is 17.6. The fraction of sp³-hybridized carbons (Fsp3) is 0.300. The molecule has 0 aliphatic heterocycles. The lowest BCUT2D eigenvalue weighted by Gasteiger charge is -2.17. The standard InChI is InChI=1S/C20H23N3O2.ClH/c21-13-15-5-4-8-18(15)20(25)23-17-11-9-14(10-12-17)19(24)22-16-6-2-1-3-7-16;/h1-3,6-7,9-12,15,18H,4-5,8,13,21H2,(H,22,24)(H,23,25);1H/t15-,18-;/m1./s1. The lowest BCUT2D eigenvalue weighted by molar-refractivity contribution is -0.120. The molecule has 0 radical (unpaired) electrons. The molecule has 0 heterocycles. The van der Waals surface area contributed by atoms with Gasteiger partial charge in [0, 0.05) is 22.9 Å². The second-order valence-electron chi connectivity index (χ2n) is 6.42. The first-order valence-electron chi connectivity index (χ1n) is 8.65. The Bertz CT molecular complexity index is 734. The molecule has 3 rings (SSSR count). The summed E-state index contributed by atoms with van der Waals surface area (Å²) in [6.45, 7) is 0.552. The number of para-hydroxylation sites is 1. The third-order valence-corrected chi connectivity index (χ3v) is 4.74. The highest BCUT2D eigenvalue weighted by Gasteiger charge is 2.31. The summed E-state index contributed by atoms with van der Waals surface area (Å²) in [4.78, 5) is 24.6. The van der Waals surface area contributed by atoms with Gasteiger partial charge >= 0.3 is 0 Å². The number of benzene rings is 2. The van der Waals surface area contributed by atoms with Gasteiger partial charge in [-0.3, -0.25) is 9.59 Å². The van der Waals surface area contributed by atoms with Crippen LogP contribution in [0.15, 0.2) is 54.6 Å². The maximum Gasteiger partial charge on any atom is 0.255 e. The number of nitrogens with one attached hydrogen (secondary N) is 2. The summed E-state index contributed by atoms with van der Waals surface area (Å²) in [5.41, 5.74) is 7.74. The van der Waals surface area contributed by atoms with Crippen molar-refractivity contribution >= 4 is 35.6 Å². The first-order chi connectivity index (χ1) is 12.2. The molecule has 0 saturated heterocycles. The molecule has 0 bridgehead atoms. The predicted molar refractivity (Wildman–Crippen MR) is 107 cm³/mol. The van der Waals surface area contributed by atoms with E-state index in [1.54, 1.807) is 24.3 Å². The van der Waals surface area contributed by atoms with Crippen LogP contribution < -0.4 is 16.4 Å². The number of hydrogen-bond acceptors (Lipinski definition) is 3. The number of hydrogen-bond donors (Lipinski definition) is 3. The molecule has 138 valence electrons. The van der Waals surface area contributed by atoms with E-state index in [-0.39, 0.29) is 36.1 Å². The van der Waals surface area contributed by atoms with E-state index < -0.39 is 0 Å². The third-order valence-electron chi connectivity index (χ3n) is 4.74. The molecule has 26 heavy (non-hydrogen) atoms. The van der Waals surface area contributed by atoms with Crippen molar-refractivity contribution in [3.05, 3.63) is 60.2 Å². The van der Waals surface area contributed by atoms with Crippen molar-refractivity contribution in [1.29, 1.82) is 0 Å². The van der Waals surface area contributed by atoms with Crippen molar-refractivity contribution in [3.63, 3.8) is 0 Å². The van der Waals surface area contributed by atoms with Crippen LogP contribution in [-0.2, 0) is 4.79 Å². The minimum atomic E-state index is -0.178. The number of carbonyl (C=O) groups is 2. The summed E-state index contributed by atoms with van der Waals surface area (Å²) in [6.07, 6.45) is 2.97. The zero-order valence-corrected chi connectivity index (χ0v) is 15.3. The number of halogens is 1. The van der Waals surface area contributed by atoms with E-state index in [2.05, 4.69) is 10.6 Å². The molecule has 5 nitrogen and oxygen atoms in total. The number of rotatable bonds is 5. The van der Waals surface area contributed by atoms with Crippen molar-refractivity contribution in [2.75, 3.05) is 17.2 Å². The van der Waals surface area contributed by atoms with Gasteiger partial charge in [-0.05, 0) is 61.7 Å². The van der Waals surface area contributed by atoms with Crippen LogP contribution in [0.2, 0.25) is 0 Å². The molecule has 4 N–H and O–H groups in total. The lowest BCUT2D eigenvalue weighted by atomic mass is 9.95. The van der Waals surface area contributed by atoms with Crippen molar-refractivity contribution in [1.82, 2.24) is 0 Å². The van der Waals surface area contributed by atoms with Crippen molar-refractivity contribution in [2.24, 2.45) is 17.6 Å². The summed E-state index contributed by atoms with van der Waals surface area (Å²) < 4.78 is 0. The minimum Gasteiger partial charge on any atom is -0.330 e. The summed E-state index contributed by atoms with van der Waals surface area (Å²) >= 11 is 0. The Hall–Kier alpha value is -2.37. The maximum atomic E-state index is 12.4. The fourth-order valence-corrected chi connectivity index (χ4v) is 3.33. The number of nitrogens with two attached hydrogens (primary N) is 1. The normalized spacial score (nSPS) is 18.7. The largest absolute Gasteiger partial charge is 0.330 e. The van der Waals surface area contributed by atoms with E-state index in [4.69, 9.17) is 5.73 Å². The van der Waals surface area contributed by atoms with Crippen LogP contribution in [-0.4, -0.2) is 18.4 Å². The molecule has 0 unspecified atom stereocenters. The Morgan fingerprint density at radius 2 is 1.58 bits per heavy atom. The van der Waals surface area contributed by atoms with Crippen LogP contribution in [0.1, 0.15) is 29.6 Å². The van der Waals surface area contributed by atoms with E-state index in [1.807, 2.05) is 30.3 Å². The van der Waals surface area contributed by atoms with Crippen LogP contribution in [0, 0.1) is 11.8 Å². The lowest BCUT2D eigenvalue weighted by Crippen LogP contribution is -2.29. The summed E-state index contributed by atoms with van der Waals surface area (Å²) in [5.74, 6) is 0.111. The molecule has 2 aromatic carbocycles. The number of carbonyl (C=O) groups excluding carboxylic acids is 2. The highest BCUT2D eigenvalue weighted by atomic mass is 35.5. The van der Waals surface area contributed by atoms with E-state index in [1.165, 1.54) is 0 Å². The van der Waals surface area contributed by atoms with Crippen LogP contribution >= 0.6 is 12.4 Å².